The van der Waals surface area contributed by atoms with Crippen molar-refractivity contribution in [3.8, 4) is 5.75 Å². The van der Waals surface area contributed by atoms with Gasteiger partial charge in [-0.2, -0.15) is 13.2 Å². The zero-order valence-electron chi connectivity index (χ0n) is 21.3. The van der Waals surface area contributed by atoms with Crippen molar-refractivity contribution in [1.82, 2.24) is 9.80 Å². The molecule has 9 heteroatoms. The van der Waals surface area contributed by atoms with E-state index in [0.717, 1.165) is 62.2 Å². The molecule has 1 saturated heterocycles. The van der Waals surface area contributed by atoms with E-state index in [1.165, 1.54) is 43.7 Å². The number of halogens is 3. The summed E-state index contributed by atoms with van der Waals surface area (Å²) < 4.78 is 49.3. The predicted octanol–water partition coefficient (Wildman–Crippen LogP) is 5.10. The van der Waals surface area contributed by atoms with Crippen LogP contribution in [0.4, 0.5) is 13.2 Å². The van der Waals surface area contributed by atoms with Gasteiger partial charge in [0.2, 0.25) is 17.1 Å². The Morgan fingerprint density at radius 3 is 2.13 bits per heavy atom. The van der Waals surface area contributed by atoms with Crippen LogP contribution in [0.5, 0.6) is 5.75 Å². The Morgan fingerprint density at radius 2 is 1.58 bits per heavy atom. The number of piperazine rings is 1. The van der Waals surface area contributed by atoms with Crippen LogP contribution in [-0.2, 0) is 24.1 Å². The molecule has 1 aliphatic heterocycles. The molecule has 2 aromatic rings. The standard InChI is InChI=1S/C29H33F3N2O4/c30-29(31,32)23-3-1-19(2-4-23)17-38-26-18-37-24(12-25(26)35)16-33-5-7-34(8-6-33)27(36)28-13-20-9-21(14-28)11-22(10-20)15-28/h1-4,12,18,20-22H,5-11,13-17H2. The summed E-state index contributed by atoms with van der Waals surface area (Å²) in [6.07, 6.45) is 4.07. The third-order valence-electron chi connectivity index (χ3n) is 9.06. The topological polar surface area (TPSA) is 63.0 Å². The van der Waals surface area contributed by atoms with Gasteiger partial charge in [0.25, 0.3) is 0 Å². The van der Waals surface area contributed by atoms with Crippen LogP contribution in [0.15, 0.2) is 45.8 Å². The fourth-order valence-corrected chi connectivity index (χ4v) is 7.62. The molecule has 0 N–H and O–H groups in total. The highest BCUT2D eigenvalue weighted by atomic mass is 19.4. The largest absolute Gasteiger partial charge is 0.482 e. The number of hydrogen-bond acceptors (Lipinski definition) is 5. The number of alkyl halides is 3. The monoisotopic (exact) mass is 530 g/mol. The molecule has 4 aliphatic carbocycles. The lowest BCUT2D eigenvalue weighted by atomic mass is 9.49. The van der Waals surface area contributed by atoms with Crippen molar-refractivity contribution < 1.29 is 27.1 Å². The summed E-state index contributed by atoms with van der Waals surface area (Å²) in [4.78, 5) is 30.4. The first-order valence-corrected chi connectivity index (χ1v) is 13.6. The van der Waals surface area contributed by atoms with Gasteiger partial charge in [0, 0.05) is 32.2 Å². The van der Waals surface area contributed by atoms with Crippen molar-refractivity contribution in [3.63, 3.8) is 0 Å². The third-order valence-corrected chi connectivity index (χ3v) is 9.06. The molecule has 4 saturated carbocycles. The van der Waals surface area contributed by atoms with E-state index in [1.54, 1.807) is 0 Å². The zero-order valence-corrected chi connectivity index (χ0v) is 21.3. The molecule has 2 heterocycles. The van der Waals surface area contributed by atoms with Crippen molar-refractivity contribution in [2.24, 2.45) is 23.2 Å². The van der Waals surface area contributed by atoms with Gasteiger partial charge >= 0.3 is 6.18 Å². The fraction of sp³-hybridized carbons (Fsp3) is 0.586. The van der Waals surface area contributed by atoms with E-state index < -0.39 is 11.7 Å². The van der Waals surface area contributed by atoms with Crippen LogP contribution >= 0.6 is 0 Å². The quantitative estimate of drug-likeness (QED) is 0.520. The van der Waals surface area contributed by atoms with Crippen molar-refractivity contribution >= 4 is 5.91 Å². The summed E-state index contributed by atoms with van der Waals surface area (Å²) in [6, 6.07) is 6.02. The van der Waals surface area contributed by atoms with Gasteiger partial charge in [-0.25, -0.2) is 0 Å². The first-order valence-electron chi connectivity index (χ1n) is 13.6. The number of hydrogen-bond donors (Lipinski definition) is 0. The Morgan fingerprint density at radius 1 is 0.974 bits per heavy atom. The molecule has 38 heavy (non-hydrogen) atoms. The van der Waals surface area contributed by atoms with E-state index >= 15 is 0 Å². The number of benzene rings is 1. The summed E-state index contributed by atoms with van der Waals surface area (Å²) in [5.41, 5.74) is -0.667. The van der Waals surface area contributed by atoms with Gasteiger partial charge in [0.1, 0.15) is 18.6 Å². The van der Waals surface area contributed by atoms with Crippen LogP contribution < -0.4 is 10.2 Å². The van der Waals surface area contributed by atoms with Gasteiger partial charge in [-0.05, 0) is 74.0 Å². The molecule has 0 unspecified atom stereocenters. The highest BCUT2D eigenvalue weighted by Crippen LogP contribution is 2.60. The summed E-state index contributed by atoms with van der Waals surface area (Å²) in [7, 11) is 0. The molecular weight excluding hydrogens is 497 g/mol. The SMILES string of the molecule is O=C(N1CCN(Cc2cc(=O)c(OCc3ccc(C(F)(F)F)cc3)co2)CC1)C12CC3CC(CC(C3)C1)C2. The Bertz CT molecular complexity index is 1200. The normalized spacial score (nSPS) is 29.0. The van der Waals surface area contributed by atoms with Gasteiger partial charge < -0.3 is 14.1 Å². The van der Waals surface area contributed by atoms with Gasteiger partial charge in [-0.3, -0.25) is 14.5 Å². The molecule has 1 aromatic heterocycles. The number of rotatable bonds is 6. The fourth-order valence-electron chi connectivity index (χ4n) is 7.62. The molecule has 6 nitrogen and oxygen atoms in total. The molecule has 1 aromatic carbocycles. The van der Waals surface area contributed by atoms with Gasteiger partial charge in [0.05, 0.1) is 17.5 Å². The number of carbonyl (C=O) groups is 1. The van der Waals surface area contributed by atoms with E-state index in [0.29, 0.717) is 36.9 Å². The van der Waals surface area contributed by atoms with E-state index in [4.69, 9.17) is 9.15 Å². The minimum Gasteiger partial charge on any atom is -0.482 e. The highest BCUT2D eigenvalue weighted by Gasteiger charge is 2.55. The Labute approximate surface area is 219 Å². The summed E-state index contributed by atoms with van der Waals surface area (Å²) in [6.45, 7) is 3.27. The number of nitrogens with zero attached hydrogens (tertiary/aromatic N) is 2. The maximum Gasteiger partial charge on any atom is 0.416 e. The van der Waals surface area contributed by atoms with Crippen LogP contribution in [0, 0.1) is 23.2 Å². The van der Waals surface area contributed by atoms with E-state index in [2.05, 4.69) is 9.80 Å². The Kier molecular flexibility index (Phi) is 6.53. The molecule has 0 radical (unpaired) electrons. The van der Waals surface area contributed by atoms with Crippen LogP contribution in [-0.4, -0.2) is 41.9 Å². The first kappa shape index (κ1) is 25.5. The smallest absolute Gasteiger partial charge is 0.416 e. The predicted molar refractivity (Wildman–Crippen MR) is 133 cm³/mol. The second-order valence-electron chi connectivity index (χ2n) is 11.8. The molecule has 1 amide bonds. The molecule has 7 rings (SSSR count). The van der Waals surface area contributed by atoms with Crippen LogP contribution in [0.3, 0.4) is 0 Å². The van der Waals surface area contributed by atoms with E-state index in [-0.39, 0.29) is 23.2 Å². The van der Waals surface area contributed by atoms with E-state index in [9.17, 15) is 22.8 Å². The lowest BCUT2D eigenvalue weighted by Gasteiger charge is -2.57. The second kappa shape index (κ2) is 9.74. The molecule has 0 atom stereocenters. The maximum atomic E-state index is 13.6. The van der Waals surface area contributed by atoms with Crippen molar-refractivity contribution in [2.45, 2.75) is 57.9 Å². The van der Waals surface area contributed by atoms with Crippen molar-refractivity contribution in [2.75, 3.05) is 26.2 Å². The first-order chi connectivity index (χ1) is 18.2. The van der Waals surface area contributed by atoms with Crippen molar-refractivity contribution in [1.29, 1.82) is 0 Å². The average Bonchev–Trinajstić information content (AvgIpc) is 2.87. The van der Waals surface area contributed by atoms with Crippen LogP contribution in [0.1, 0.15) is 55.4 Å². The Hall–Kier alpha value is -2.81. The van der Waals surface area contributed by atoms with E-state index in [1.807, 2.05) is 0 Å². The minimum absolute atomic E-state index is 0.0136. The van der Waals surface area contributed by atoms with Gasteiger partial charge in [-0.15, -0.1) is 0 Å². The molecule has 5 fully saturated rings. The van der Waals surface area contributed by atoms with Crippen LogP contribution in [0.2, 0.25) is 0 Å². The Balaban J connectivity index is 1.00. The molecule has 0 spiro atoms. The average molecular weight is 531 g/mol. The molecular formula is C29H33F3N2O4. The highest BCUT2D eigenvalue weighted by molar-refractivity contribution is 5.83. The van der Waals surface area contributed by atoms with Crippen LogP contribution in [0.25, 0.3) is 0 Å². The number of ether oxygens (including phenoxy) is 1. The summed E-state index contributed by atoms with van der Waals surface area (Å²) in [5.74, 6) is 3.14. The minimum atomic E-state index is -4.40. The molecule has 204 valence electrons. The van der Waals surface area contributed by atoms with Gasteiger partial charge in [0.15, 0.2) is 0 Å². The molecule has 4 bridgehead atoms. The lowest BCUT2D eigenvalue weighted by molar-refractivity contribution is -0.159. The summed E-state index contributed by atoms with van der Waals surface area (Å²) >= 11 is 0. The zero-order chi connectivity index (χ0) is 26.5. The summed E-state index contributed by atoms with van der Waals surface area (Å²) in [5, 5.41) is 0. The maximum absolute atomic E-state index is 13.6. The van der Waals surface area contributed by atoms with Crippen molar-refractivity contribution in [3.05, 3.63) is 63.7 Å². The van der Waals surface area contributed by atoms with Gasteiger partial charge in [-0.1, -0.05) is 12.1 Å². The number of carbonyl (C=O) groups excluding carboxylic acids is 1. The lowest BCUT2D eigenvalue weighted by Crippen LogP contribution is -2.58. The molecule has 5 aliphatic rings. The third kappa shape index (κ3) is 5.09. The second-order valence-corrected chi connectivity index (χ2v) is 11.8. The number of amides is 1.